The molecule has 1 aliphatic rings. The van der Waals surface area contributed by atoms with Crippen LogP contribution in [-0.2, 0) is 6.54 Å². The Balaban J connectivity index is 0.00000176. The van der Waals surface area contributed by atoms with Crippen molar-refractivity contribution >= 4 is 29.9 Å². The molecule has 1 aromatic heterocycles. The summed E-state index contributed by atoms with van der Waals surface area (Å²) in [6, 6.07) is 10.2. The molecule has 0 unspecified atom stereocenters. The van der Waals surface area contributed by atoms with E-state index in [-0.39, 0.29) is 24.0 Å². The summed E-state index contributed by atoms with van der Waals surface area (Å²) >= 11 is 0. The SMILES string of the molecule is COc1ccc(-n2ccc(CN=C(N)NC3CC3)n2)cc1.I. The van der Waals surface area contributed by atoms with Crippen LogP contribution >= 0.6 is 24.0 Å². The van der Waals surface area contributed by atoms with Gasteiger partial charge in [-0.1, -0.05) is 0 Å². The quantitative estimate of drug-likeness (QED) is 0.447. The number of nitrogens with one attached hydrogen (secondary N) is 1. The van der Waals surface area contributed by atoms with Crippen LogP contribution in [0.15, 0.2) is 41.5 Å². The average molecular weight is 413 g/mol. The van der Waals surface area contributed by atoms with Crippen LogP contribution in [0, 0.1) is 0 Å². The van der Waals surface area contributed by atoms with E-state index in [1.54, 1.807) is 7.11 Å². The highest BCUT2D eigenvalue weighted by Gasteiger charge is 2.21. The Morgan fingerprint density at radius 3 is 2.73 bits per heavy atom. The van der Waals surface area contributed by atoms with Gasteiger partial charge in [-0.05, 0) is 43.2 Å². The molecule has 0 bridgehead atoms. The van der Waals surface area contributed by atoms with E-state index < -0.39 is 0 Å². The third-order valence-corrected chi connectivity index (χ3v) is 3.32. The van der Waals surface area contributed by atoms with Crippen LogP contribution in [0.4, 0.5) is 0 Å². The number of guanidine groups is 1. The van der Waals surface area contributed by atoms with E-state index in [0.29, 0.717) is 18.5 Å². The van der Waals surface area contributed by atoms with Gasteiger partial charge >= 0.3 is 0 Å². The van der Waals surface area contributed by atoms with Gasteiger partial charge in [-0.2, -0.15) is 5.10 Å². The number of nitrogens with zero attached hydrogens (tertiary/aromatic N) is 3. The maximum absolute atomic E-state index is 5.80. The number of aromatic nitrogens is 2. The number of rotatable bonds is 5. The normalized spacial score (nSPS) is 14.3. The van der Waals surface area contributed by atoms with Crippen LogP contribution in [0.3, 0.4) is 0 Å². The van der Waals surface area contributed by atoms with Crippen molar-refractivity contribution in [3.8, 4) is 11.4 Å². The zero-order valence-corrected chi connectivity index (χ0v) is 14.7. The summed E-state index contributed by atoms with van der Waals surface area (Å²) in [4.78, 5) is 4.30. The molecular formula is C15H20IN5O. The lowest BCUT2D eigenvalue weighted by molar-refractivity contribution is 0.414. The molecule has 3 rings (SSSR count). The first-order chi connectivity index (χ1) is 10.2. The largest absolute Gasteiger partial charge is 0.497 e. The number of nitrogens with two attached hydrogens (primary N) is 1. The van der Waals surface area contributed by atoms with Gasteiger partial charge in [0.15, 0.2) is 5.96 Å². The van der Waals surface area contributed by atoms with E-state index in [0.717, 1.165) is 17.1 Å². The minimum absolute atomic E-state index is 0. The van der Waals surface area contributed by atoms with Gasteiger partial charge in [-0.25, -0.2) is 9.67 Å². The van der Waals surface area contributed by atoms with Gasteiger partial charge in [0.1, 0.15) is 5.75 Å². The van der Waals surface area contributed by atoms with Gasteiger partial charge in [-0.3, -0.25) is 0 Å². The Labute approximate surface area is 146 Å². The highest BCUT2D eigenvalue weighted by atomic mass is 127. The third-order valence-electron chi connectivity index (χ3n) is 3.32. The lowest BCUT2D eigenvalue weighted by Crippen LogP contribution is -2.33. The summed E-state index contributed by atoms with van der Waals surface area (Å²) in [7, 11) is 1.65. The summed E-state index contributed by atoms with van der Waals surface area (Å²) in [5.74, 6) is 1.33. The molecule has 118 valence electrons. The highest BCUT2D eigenvalue weighted by molar-refractivity contribution is 14.0. The molecule has 1 fully saturated rings. The predicted molar refractivity (Wildman–Crippen MR) is 97.0 cm³/mol. The molecule has 3 N–H and O–H groups in total. The highest BCUT2D eigenvalue weighted by Crippen LogP contribution is 2.18. The molecule has 1 aliphatic carbocycles. The van der Waals surface area contributed by atoms with Crippen molar-refractivity contribution in [2.45, 2.75) is 25.4 Å². The second-order valence-electron chi connectivity index (χ2n) is 5.07. The van der Waals surface area contributed by atoms with Crippen LogP contribution in [0.25, 0.3) is 5.69 Å². The molecule has 0 saturated heterocycles. The van der Waals surface area contributed by atoms with Crippen LogP contribution in [0.5, 0.6) is 5.75 Å². The van der Waals surface area contributed by atoms with E-state index in [9.17, 15) is 0 Å². The molecule has 2 aromatic rings. The van der Waals surface area contributed by atoms with Gasteiger partial charge in [0.2, 0.25) is 0 Å². The number of ether oxygens (including phenoxy) is 1. The maximum Gasteiger partial charge on any atom is 0.189 e. The summed E-state index contributed by atoms with van der Waals surface area (Å²) < 4.78 is 6.96. The lowest BCUT2D eigenvalue weighted by atomic mass is 10.3. The number of aliphatic imine (C=N–C) groups is 1. The third kappa shape index (κ3) is 4.36. The number of hydrogen-bond acceptors (Lipinski definition) is 3. The fourth-order valence-corrected chi connectivity index (χ4v) is 1.97. The Morgan fingerprint density at radius 1 is 1.36 bits per heavy atom. The fourth-order valence-electron chi connectivity index (χ4n) is 1.97. The number of methoxy groups -OCH3 is 1. The summed E-state index contributed by atoms with van der Waals surface area (Å²) in [5.41, 5.74) is 7.67. The molecule has 22 heavy (non-hydrogen) atoms. The molecule has 0 spiro atoms. The zero-order valence-electron chi connectivity index (χ0n) is 12.4. The Kier molecular flexibility index (Phi) is 5.64. The first kappa shape index (κ1) is 16.6. The average Bonchev–Trinajstić information content (AvgIpc) is 3.19. The van der Waals surface area contributed by atoms with E-state index in [1.807, 2.05) is 41.2 Å². The number of hydrogen-bond donors (Lipinski definition) is 2. The van der Waals surface area contributed by atoms with Gasteiger partial charge < -0.3 is 15.8 Å². The molecule has 0 radical (unpaired) electrons. The molecule has 7 heteroatoms. The molecule has 0 aliphatic heterocycles. The van der Waals surface area contributed by atoms with Crippen molar-refractivity contribution in [2.24, 2.45) is 10.7 Å². The molecule has 1 aromatic carbocycles. The van der Waals surface area contributed by atoms with E-state index in [2.05, 4.69) is 15.4 Å². The lowest BCUT2D eigenvalue weighted by Gasteiger charge is -2.03. The smallest absolute Gasteiger partial charge is 0.189 e. The topological polar surface area (TPSA) is 77.5 Å². The van der Waals surface area contributed by atoms with Crippen molar-refractivity contribution in [3.05, 3.63) is 42.2 Å². The predicted octanol–water partition coefficient (Wildman–Crippen LogP) is 2.07. The van der Waals surface area contributed by atoms with Gasteiger partial charge in [0.05, 0.1) is 25.0 Å². The van der Waals surface area contributed by atoms with Crippen molar-refractivity contribution < 1.29 is 4.74 Å². The van der Waals surface area contributed by atoms with Crippen LogP contribution in [0.2, 0.25) is 0 Å². The van der Waals surface area contributed by atoms with E-state index in [1.165, 1.54) is 12.8 Å². The minimum atomic E-state index is 0. The van der Waals surface area contributed by atoms with Crippen molar-refractivity contribution in [1.82, 2.24) is 15.1 Å². The Hall–Kier alpha value is -1.77. The van der Waals surface area contributed by atoms with Crippen molar-refractivity contribution in [3.63, 3.8) is 0 Å². The van der Waals surface area contributed by atoms with E-state index >= 15 is 0 Å². The summed E-state index contributed by atoms with van der Waals surface area (Å²) in [6.45, 7) is 0.481. The van der Waals surface area contributed by atoms with Crippen LogP contribution in [-0.4, -0.2) is 28.9 Å². The van der Waals surface area contributed by atoms with Gasteiger partial charge in [0, 0.05) is 12.2 Å². The molecular weight excluding hydrogens is 393 g/mol. The molecule has 1 saturated carbocycles. The summed E-state index contributed by atoms with van der Waals surface area (Å²) in [6.07, 6.45) is 4.28. The Bertz CT molecular complexity index is 634. The maximum atomic E-state index is 5.80. The Morgan fingerprint density at radius 2 is 2.09 bits per heavy atom. The zero-order chi connectivity index (χ0) is 14.7. The van der Waals surface area contributed by atoms with Crippen molar-refractivity contribution in [1.29, 1.82) is 0 Å². The molecule has 6 nitrogen and oxygen atoms in total. The fraction of sp³-hybridized carbons (Fsp3) is 0.333. The second kappa shape index (κ2) is 7.48. The monoisotopic (exact) mass is 413 g/mol. The van der Waals surface area contributed by atoms with Gasteiger partial charge in [-0.15, -0.1) is 24.0 Å². The number of benzene rings is 1. The molecule has 1 heterocycles. The standard InChI is InChI=1S/C15H19N5O.HI/c1-21-14-6-4-13(5-7-14)20-9-8-12(19-20)10-17-15(16)18-11-2-3-11;/h4-9,11H,2-3,10H2,1H3,(H3,16,17,18);1H. The first-order valence-electron chi connectivity index (χ1n) is 7.00. The van der Waals surface area contributed by atoms with Crippen LogP contribution in [0.1, 0.15) is 18.5 Å². The van der Waals surface area contributed by atoms with Crippen molar-refractivity contribution in [2.75, 3.05) is 7.11 Å². The molecule has 0 amide bonds. The summed E-state index contributed by atoms with van der Waals surface area (Å²) in [5, 5.41) is 7.64. The van der Waals surface area contributed by atoms with Crippen LogP contribution < -0.4 is 15.8 Å². The number of halogens is 1. The second-order valence-corrected chi connectivity index (χ2v) is 5.07. The minimum Gasteiger partial charge on any atom is -0.497 e. The van der Waals surface area contributed by atoms with E-state index in [4.69, 9.17) is 10.5 Å². The van der Waals surface area contributed by atoms with Gasteiger partial charge in [0.25, 0.3) is 0 Å². The molecule has 0 atom stereocenters. The first-order valence-corrected chi connectivity index (χ1v) is 7.00.